The van der Waals surface area contributed by atoms with Gasteiger partial charge in [-0.05, 0) is 172 Å². The number of benzene rings is 6. The highest BCUT2D eigenvalue weighted by Crippen LogP contribution is 2.33. The van der Waals surface area contributed by atoms with E-state index in [1.807, 2.05) is 67.5 Å². The number of carbonyl (C=O) groups is 5. The highest BCUT2D eigenvalue weighted by Gasteiger charge is 2.20. The number of carbonyl (C=O) groups excluding carboxylic acids is 5. The molecule has 0 radical (unpaired) electrons. The number of aliphatic hydroxyl groups excluding tert-OH is 1. The van der Waals surface area contributed by atoms with Crippen LogP contribution in [0, 0.1) is 0 Å². The highest BCUT2D eigenvalue weighted by atomic mass is 35.5. The van der Waals surface area contributed by atoms with Gasteiger partial charge in [-0.2, -0.15) is 0 Å². The molecule has 0 aliphatic carbocycles. The first-order chi connectivity index (χ1) is 45.5. The number of methoxy groups -OCH3 is 1. The number of amides is 5. The maximum atomic E-state index is 12.8. The molecule has 4 heterocycles. The van der Waals surface area contributed by atoms with Crippen molar-refractivity contribution in [3.63, 3.8) is 0 Å². The van der Waals surface area contributed by atoms with Crippen LogP contribution in [0.1, 0.15) is 64.3 Å². The van der Waals surface area contributed by atoms with Crippen molar-refractivity contribution in [1.82, 2.24) is 30.2 Å². The number of sulfone groups is 1. The number of nitrogens with one attached hydrogen (secondary N) is 5. The van der Waals surface area contributed by atoms with Gasteiger partial charge in [0.05, 0.1) is 89.9 Å². The number of aliphatic hydroxyl groups is 1. The van der Waals surface area contributed by atoms with Crippen molar-refractivity contribution in [2.75, 3.05) is 61.3 Å². The van der Waals surface area contributed by atoms with Gasteiger partial charge in [-0.15, -0.1) is 0 Å². The summed E-state index contributed by atoms with van der Waals surface area (Å²) in [6.07, 6.45) is 5.82. The van der Waals surface area contributed by atoms with E-state index in [0.29, 0.717) is 101 Å². The Balaban J connectivity index is 0.000000183. The zero-order chi connectivity index (χ0) is 68.2. The molecule has 0 fully saturated rings. The second-order valence-corrected chi connectivity index (χ2v) is 25.4. The van der Waals surface area contributed by atoms with Gasteiger partial charge < -0.3 is 41.3 Å². The Labute approximate surface area is 573 Å². The molecule has 95 heavy (non-hydrogen) atoms. The van der Waals surface area contributed by atoms with Crippen LogP contribution in [0.5, 0.6) is 5.88 Å². The summed E-state index contributed by atoms with van der Waals surface area (Å²) in [6, 6.07) is 50.6. The largest absolute Gasteiger partial charge is 0.481 e. The molecule has 19 nitrogen and oxygen atoms in total. The quantitative estimate of drug-likeness (QED) is 0.0415. The van der Waals surface area contributed by atoms with E-state index in [0.717, 1.165) is 5.56 Å². The first kappa shape index (κ1) is 71.2. The highest BCUT2D eigenvalue weighted by molar-refractivity contribution is 7.90. The summed E-state index contributed by atoms with van der Waals surface area (Å²) in [4.78, 5) is 81.5. The van der Waals surface area contributed by atoms with Gasteiger partial charge >= 0.3 is 0 Å². The van der Waals surface area contributed by atoms with Crippen molar-refractivity contribution in [1.29, 1.82) is 0 Å². The predicted molar refractivity (Wildman–Crippen MR) is 376 cm³/mol. The van der Waals surface area contributed by atoms with Gasteiger partial charge in [0.1, 0.15) is 0 Å². The van der Waals surface area contributed by atoms with Gasteiger partial charge in [-0.3, -0.25) is 38.9 Å². The van der Waals surface area contributed by atoms with E-state index in [2.05, 4.69) is 46.5 Å². The monoisotopic (exact) mass is 1390 g/mol. The number of ether oxygens (including phenoxy) is 1. The molecule has 0 aliphatic rings. The molecule has 0 aliphatic heterocycles. The summed E-state index contributed by atoms with van der Waals surface area (Å²) in [6.45, 7) is 2.16. The first-order valence-electron chi connectivity index (χ1n) is 28.9. The third kappa shape index (κ3) is 20.9. The fourth-order valence-electron chi connectivity index (χ4n) is 8.77. The molecule has 0 spiro atoms. The molecule has 0 bridgehead atoms. The minimum Gasteiger partial charge on any atom is -0.481 e. The average molecular weight is 1400 g/mol. The van der Waals surface area contributed by atoms with Crippen molar-refractivity contribution in [2.45, 2.75) is 18.8 Å². The number of pyridine rings is 4. The summed E-state index contributed by atoms with van der Waals surface area (Å²) in [5.74, 6) is -1.44. The van der Waals surface area contributed by atoms with E-state index in [9.17, 15) is 37.5 Å². The molecule has 10 aromatic rings. The van der Waals surface area contributed by atoms with Crippen LogP contribution in [-0.4, -0.2) is 114 Å². The molecule has 4 aromatic heterocycles. The lowest BCUT2D eigenvalue weighted by atomic mass is 10.1. The maximum absolute atomic E-state index is 12.8. The number of anilines is 4. The molecule has 5 amide bonds. The standard InChI is InChI=1S/C25H18Cl2N4O3.C23H24ClN3O3S.C22H19Cl2N3O3/c1-34-23-10-7-17(14-29-23)31-24(32)15-5-8-18(21(27)12-15)25(33)30-16-6-9-20(26)19(13-16)22-4-2-3-11-28-22;1-27(2)13-14-31(29,30)16-17-6-8-18(9-7-17)23(28)26-19-10-11-21(24)20(15-19)22-5-3-4-12-25-22;1-13(28)12-26-21(29)14-5-7-16(19(24)10-14)22(30)27-15-6-8-18(23)17(11-15)20-4-2-3-9-25-20/h2-14H,1H3,(H,30,33)(H,31,32);3-12,15H,13-14,16H2,1-2H3,(H,26,28);2-11,13,28H,12H2,1H3,(H,26,29)(H,27,30)/t;;13-/m..1/s1. The normalized spacial score (nSPS) is 11.1. The molecule has 10 rings (SSSR count). The van der Waals surface area contributed by atoms with Crippen molar-refractivity contribution in [2.24, 2.45) is 0 Å². The Morgan fingerprint density at radius 1 is 0.484 bits per heavy atom. The zero-order valence-electron chi connectivity index (χ0n) is 51.3. The average Bonchev–Trinajstić information content (AvgIpc) is 0.969. The maximum Gasteiger partial charge on any atom is 0.257 e. The Kier molecular flexibility index (Phi) is 25.5. The van der Waals surface area contributed by atoms with Gasteiger partial charge in [-0.25, -0.2) is 13.4 Å². The molecule has 1 atom stereocenters. The van der Waals surface area contributed by atoms with Gasteiger partial charge in [0, 0.05) is 88.2 Å². The van der Waals surface area contributed by atoms with Crippen LogP contribution in [0.15, 0.2) is 207 Å². The lowest BCUT2D eigenvalue weighted by Gasteiger charge is -2.11. The summed E-state index contributed by atoms with van der Waals surface area (Å²) in [5.41, 5.74) is 8.43. The molecule has 6 N–H and O–H groups in total. The Morgan fingerprint density at radius 2 is 0.895 bits per heavy atom. The van der Waals surface area contributed by atoms with Crippen LogP contribution in [0.25, 0.3) is 33.8 Å². The van der Waals surface area contributed by atoms with Gasteiger partial charge in [0.2, 0.25) is 5.88 Å². The lowest BCUT2D eigenvalue weighted by molar-refractivity contribution is 0.0922. The molecule has 486 valence electrons. The third-order valence-electron chi connectivity index (χ3n) is 13.7. The van der Waals surface area contributed by atoms with Crippen molar-refractivity contribution < 1.29 is 42.2 Å². The van der Waals surface area contributed by atoms with Crippen molar-refractivity contribution in [3.05, 3.63) is 265 Å². The third-order valence-corrected chi connectivity index (χ3v) is 16.9. The van der Waals surface area contributed by atoms with E-state index in [-0.39, 0.29) is 51.0 Å². The minimum absolute atomic E-state index is 0.0483. The van der Waals surface area contributed by atoms with Gasteiger partial charge in [0.15, 0.2) is 9.84 Å². The summed E-state index contributed by atoms with van der Waals surface area (Å²) in [5, 5.41) is 24.8. The van der Waals surface area contributed by atoms with Crippen LogP contribution in [0.2, 0.25) is 25.1 Å². The topological polar surface area (TPSA) is 264 Å². The molecule has 25 heteroatoms. The van der Waals surface area contributed by atoms with E-state index in [1.165, 1.54) is 49.7 Å². The second-order valence-electron chi connectivity index (χ2n) is 21.2. The van der Waals surface area contributed by atoms with Crippen LogP contribution in [0.3, 0.4) is 0 Å². The van der Waals surface area contributed by atoms with Crippen LogP contribution >= 0.6 is 58.0 Å². The Hall–Kier alpha value is -9.61. The van der Waals surface area contributed by atoms with E-state index < -0.39 is 33.7 Å². The van der Waals surface area contributed by atoms with Gasteiger partial charge in [-0.1, -0.05) is 88.3 Å². The zero-order valence-corrected chi connectivity index (χ0v) is 55.9. The lowest BCUT2D eigenvalue weighted by Crippen LogP contribution is -2.30. The molecule has 0 unspecified atom stereocenters. The number of nitrogens with zero attached hydrogens (tertiary/aromatic N) is 5. The predicted octanol–water partition coefficient (Wildman–Crippen LogP) is 14.5. The summed E-state index contributed by atoms with van der Waals surface area (Å²) in [7, 11) is 1.97. The van der Waals surface area contributed by atoms with Crippen molar-refractivity contribution in [3.8, 4) is 39.7 Å². The Bertz CT molecular complexity index is 4470. The molecular weight excluding hydrogens is 1330 g/mol. The van der Waals surface area contributed by atoms with Crippen molar-refractivity contribution >= 4 is 120 Å². The minimum atomic E-state index is -3.21. The number of halogens is 5. The summed E-state index contributed by atoms with van der Waals surface area (Å²) < 4.78 is 29.4. The Morgan fingerprint density at radius 3 is 1.28 bits per heavy atom. The smallest absolute Gasteiger partial charge is 0.257 e. The fraction of sp³-hybridized carbons (Fsp3) is 0.129. The van der Waals surface area contributed by atoms with Crippen LogP contribution in [0.4, 0.5) is 22.7 Å². The molecule has 0 saturated carbocycles. The van der Waals surface area contributed by atoms with Crippen LogP contribution < -0.4 is 31.3 Å². The van der Waals surface area contributed by atoms with Crippen LogP contribution in [-0.2, 0) is 15.6 Å². The fourth-order valence-corrected chi connectivity index (χ4v) is 11.4. The number of rotatable bonds is 20. The molecular formula is C70H61Cl5N10O9S. The molecule has 6 aromatic carbocycles. The van der Waals surface area contributed by atoms with E-state index in [1.54, 1.807) is 123 Å². The van der Waals surface area contributed by atoms with E-state index >= 15 is 0 Å². The first-order valence-corrected chi connectivity index (χ1v) is 32.6. The SMILES string of the molecule is CN(C)CCS(=O)(=O)Cc1ccc(C(=O)Nc2ccc(Cl)c(-c3ccccn3)c2)cc1.COc1ccc(NC(=O)c2ccc(C(=O)Nc3ccc(Cl)c(-c4ccccn4)c3)c(Cl)c2)cn1.C[C@@H](O)CNC(=O)c1ccc(C(=O)Nc2ccc(Cl)c(-c3ccccn3)c2)c(Cl)c1. The molecule has 0 saturated heterocycles. The second kappa shape index (κ2) is 34.0. The number of hydrogen-bond acceptors (Lipinski definition) is 14. The summed E-state index contributed by atoms with van der Waals surface area (Å²) >= 11 is 31.4. The number of hydrogen-bond donors (Lipinski definition) is 6. The number of aromatic nitrogens is 4. The van der Waals surface area contributed by atoms with E-state index in [4.69, 9.17) is 62.7 Å². The van der Waals surface area contributed by atoms with Gasteiger partial charge in [0.25, 0.3) is 29.5 Å².